The fraction of sp³-hybridized carbons (Fsp3) is 0. The van der Waals surface area contributed by atoms with Crippen molar-refractivity contribution in [3.8, 4) is 12.1 Å². The van der Waals surface area contributed by atoms with Crippen molar-refractivity contribution in [2.45, 2.75) is 0 Å². The van der Waals surface area contributed by atoms with Crippen LogP contribution in [0.15, 0.2) is 81.6 Å². The molecule has 0 unspecified atom stereocenters. The Morgan fingerprint density at radius 3 is 1.38 bits per heavy atom. The van der Waals surface area contributed by atoms with Gasteiger partial charge in [0.05, 0.1) is 11.4 Å². The Kier molecular flexibility index (Phi) is 4.10. The third-order valence-electron chi connectivity index (χ3n) is 6.17. The lowest BCUT2D eigenvalue weighted by molar-refractivity contribution is 0.618. The van der Waals surface area contributed by atoms with E-state index in [1.165, 1.54) is 0 Å². The molecular formula is C28H16N4O2. The van der Waals surface area contributed by atoms with E-state index >= 15 is 0 Å². The highest BCUT2D eigenvalue weighted by Gasteiger charge is 2.21. The SMILES string of the molecule is N#Cc1c(N)c(N)c(C#N)c2oc3ccc4ccccc4c3c3c(ccc4ccccc43)oc12. The lowest BCUT2D eigenvalue weighted by Crippen LogP contribution is -2.02. The zero-order valence-electron chi connectivity index (χ0n) is 17.8. The van der Waals surface area contributed by atoms with E-state index in [9.17, 15) is 10.5 Å². The number of nitriles is 2. The molecule has 1 heterocycles. The molecule has 0 fully saturated rings. The number of benzene rings is 5. The molecule has 6 rings (SSSR count). The number of nitrogen functional groups attached to an aromatic ring is 2. The molecule has 5 aromatic carbocycles. The van der Waals surface area contributed by atoms with E-state index in [0.29, 0.717) is 11.2 Å². The molecule has 34 heavy (non-hydrogen) atoms. The third kappa shape index (κ3) is 2.60. The number of fused-ring (bicyclic) bond motifs is 8. The van der Waals surface area contributed by atoms with Crippen molar-refractivity contribution in [3.05, 3.63) is 83.9 Å². The molecule has 4 N–H and O–H groups in total. The summed E-state index contributed by atoms with van der Waals surface area (Å²) in [6.07, 6.45) is 0. The summed E-state index contributed by atoms with van der Waals surface area (Å²) in [6.45, 7) is 0. The summed E-state index contributed by atoms with van der Waals surface area (Å²) in [5, 5.41) is 25.4. The molecule has 0 amide bonds. The number of hydrogen-bond acceptors (Lipinski definition) is 6. The van der Waals surface area contributed by atoms with Crippen LogP contribution in [0.4, 0.5) is 11.4 Å². The van der Waals surface area contributed by atoms with Gasteiger partial charge >= 0.3 is 0 Å². The second-order valence-electron chi connectivity index (χ2n) is 7.98. The molecule has 6 nitrogen and oxygen atoms in total. The average molecular weight is 440 g/mol. The Morgan fingerprint density at radius 2 is 0.971 bits per heavy atom. The van der Waals surface area contributed by atoms with Crippen LogP contribution in [-0.2, 0) is 0 Å². The molecule has 0 saturated carbocycles. The van der Waals surface area contributed by atoms with Gasteiger partial charge in [-0.3, -0.25) is 0 Å². The van der Waals surface area contributed by atoms with Gasteiger partial charge < -0.3 is 20.3 Å². The highest BCUT2D eigenvalue weighted by molar-refractivity contribution is 6.25. The molecule has 1 aromatic heterocycles. The van der Waals surface area contributed by atoms with Gasteiger partial charge in [-0.15, -0.1) is 0 Å². The van der Waals surface area contributed by atoms with Crippen molar-refractivity contribution in [3.63, 3.8) is 0 Å². The number of hydrogen-bond donors (Lipinski definition) is 2. The van der Waals surface area contributed by atoms with Gasteiger partial charge in [0.1, 0.15) is 34.4 Å². The first-order chi connectivity index (χ1) is 16.6. The van der Waals surface area contributed by atoms with Crippen molar-refractivity contribution in [2.24, 2.45) is 0 Å². The Labute approximate surface area is 193 Å². The van der Waals surface area contributed by atoms with Gasteiger partial charge in [0.2, 0.25) is 0 Å². The summed E-state index contributed by atoms with van der Waals surface area (Å²) in [5.41, 5.74) is 13.5. The first kappa shape index (κ1) is 19.5. The molecule has 0 aliphatic carbocycles. The lowest BCUT2D eigenvalue weighted by Gasteiger charge is -2.12. The Balaban J connectivity index is 2.06. The van der Waals surface area contributed by atoms with E-state index in [4.69, 9.17) is 20.3 Å². The molecule has 0 bridgehead atoms. The highest BCUT2D eigenvalue weighted by atomic mass is 16.4. The van der Waals surface area contributed by atoms with Crippen LogP contribution in [0.3, 0.4) is 0 Å². The smallest absolute Gasteiger partial charge is 0.191 e. The zero-order chi connectivity index (χ0) is 23.4. The summed E-state index contributed by atoms with van der Waals surface area (Å²) in [4.78, 5) is 0. The quantitative estimate of drug-likeness (QED) is 0.254. The number of nitrogens with two attached hydrogens (primary N) is 2. The van der Waals surface area contributed by atoms with Crippen LogP contribution in [0.1, 0.15) is 11.1 Å². The van der Waals surface area contributed by atoms with Crippen LogP contribution in [0.25, 0.3) is 54.6 Å². The molecule has 160 valence electrons. The van der Waals surface area contributed by atoms with Gasteiger partial charge in [-0.05, 0) is 33.7 Å². The van der Waals surface area contributed by atoms with E-state index < -0.39 is 0 Å². The summed E-state index contributed by atoms with van der Waals surface area (Å²) >= 11 is 0. The zero-order valence-corrected chi connectivity index (χ0v) is 17.8. The first-order valence-corrected chi connectivity index (χ1v) is 10.6. The second kappa shape index (κ2) is 7.16. The minimum absolute atomic E-state index is 0.0111. The van der Waals surface area contributed by atoms with Gasteiger partial charge in [0.15, 0.2) is 11.2 Å². The summed E-state index contributed by atoms with van der Waals surface area (Å²) in [5.74, 6) is 0. The van der Waals surface area contributed by atoms with Crippen molar-refractivity contribution in [1.29, 1.82) is 10.5 Å². The van der Waals surface area contributed by atoms with Crippen LogP contribution in [-0.4, -0.2) is 0 Å². The first-order valence-electron chi connectivity index (χ1n) is 10.6. The molecule has 6 heteroatoms. The highest BCUT2D eigenvalue weighted by Crippen LogP contribution is 2.40. The lowest BCUT2D eigenvalue weighted by atomic mass is 9.98. The van der Waals surface area contributed by atoms with Crippen LogP contribution < -0.4 is 11.5 Å². The Bertz CT molecular complexity index is 1820. The van der Waals surface area contributed by atoms with Crippen molar-refractivity contribution in [1.82, 2.24) is 0 Å². The van der Waals surface area contributed by atoms with Crippen LogP contribution in [0.5, 0.6) is 0 Å². The minimum Gasteiger partial charge on any atom is -0.451 e. The van der Waals surface area contributed by atoms with E-state index in [0.717, 1.165) is 32.3 Å². The fourth-order valence-corrected chi connectivity index (χ4v) is 4.57. The van der Waals surface area contributed by atoms with E-state index in [-0.39, 0.29) is 33.7 Å². The molecule has 0 spiro atoms. The van der Waals surface area contributed by atoms with Crippen molar-refractivity contribution < 1.29 is 8.83 Å². The summed E-state index contributed by atoms with van der Waals surface area (Å²) in [7, 11) is 0. The molecule has 6 aromatic rings. The Morgan fingerprint density at radius 1 is 0.559 bits per heavy atom. The van der Waals surface area contributed by atoms with Gasteiger partial charge in [-0.1, -0.05) is 60.7 Å². The average Bonchev–Trinajstić information content (AvgIpc) is 2.86. The second-order valence-corrected chi connectivity index (χ2v) is 7.98. The van der Waals surface area contributed by atoms with Gasteiger partial charge in [-0.2, -0.15) is 10.5 Å². The number of rotatable bonds is 0. The predicted molar refractivity (Wildman–Crippen MR) is 134 cm³/mol. The number of nitrogens with zero attached hydrogens (tertiary/aromatic N) is 2. The van der Waals surface area contributed by atoms with Crippen LogP contribution >= 0.6 is 0 Å². The van der Waals surface area contributed by atoms with E-state index in [2.05, 4.69) is 12.1 Å². The van der Waals surface area contributed by atoms with Crippen molar-refractivity contribution >= 4 is 66.0 Å². The standard InChI is InChI=1S/C28H16N4O2/c29-13-19-25(31)26(32)20(14-30)28-27(19)33-21-11-9-15-5-1-3-7-17(15)23(21)24-18-8-4-2-6-16(18)10-12-22(24)34-28/h1-12H,31-32H2. The maximum Gasteiger partial charge on any atom is 0.191 e. The van der Waals surface area contributed by atoms with Crippen LogP contribution in [0.2, 0.25) is 0 Å². The molecule has 0 aliphatic heterocycles. The molecular weight excluding hydrogens is 424 g/mol. The predicted octanol–water partition coefficient (Wildman–Crippen LogP) is 6.67. The maximum absolute atomic E-state index is 9.88. The number of anilines is 2. The van der Waals surface area contributed by atoms with E-state index in [1.54, 1.807) is 0 Å². The topological polar surface area (TPSA) is 126 Å². The van der Waals surface area contributed by atoms with Gasteiger partial charge in [0, 0.05) is 10.8 Å². The maximum atomic E-state index is 9.88. The largest absolute Gasteiger partial charge is 0.451 e. The van der Waals surface area contributed by atoms with Crippen molar-refractivity contribution in [2.75, 3.05) is 11.5 Å². The Hall–Kier alpha value is -5.20. The monoisotopic (exact) mass is 440 g/mol. The normalized spacial score (nSPS) is 11.1. The van der Waals surface area contributed by atoms with Gasteiger partial charge in [-0.25, -0.2) is 0 Å². The molecule has 0 saturated heterocycles. The summed E-state index contributed by atoms with van der Waals surface area (Å²) in [6, 6.07) is 27.8. The molecule has 0 aliphatic rings. The molecule has 0 radical (unpaired) electrons. The van der Waals surface area contributed by atoms with Crippen LogP contribution in [0, 0.1) is 22.7 Å². The molecule has 0 atom stereocenters. The third-order valence-corrected chi connectivity index (χ3v) is 6.17. The van der Waals surface area contributed by atoms with E-state index in [1.807, 2.05) is 72.8 Å². The summed E-state index contributed by atoms with van der Waals surface area (Å²) < 4.78 is 12.7. The minimum atomic E-state index is -0.0111. The fourth-order valence-electron chi connectivity index (χ4n) is 4.57. The van der Waals surface area contributed by atoms with Gasteiger partial charge in [0.25, 0.3) is 0 Å².